The summed E-state index contributed by atoms with van der Waals surface area (Å²) in [6.07, 6.45) is 1.44. The zero-order chi connectivity index (χ0) is 30.3. The van der Waals surface area contributed by atoms with Crippen LogP contribution >= 0.6 is 0 Å². The highest BCUT2D eigenvalue weighted by molar-refractivity contribution is 6.08. The van der Waals surface area contributed by atoms with E-state index in [1.54, 1.807) is 38.5 Å². The normalized spacial score (nSPS) is 13.4. The summed E-state index contributed by atoms with van der Waals surface area (Å²) in [7, 11) is 3.14. The molecule has 10 nitrogen and oxygen atoms in total. The van der Waals surface area contributed by atoms with Crippen LogP contribution in [0.3, 0.4) is 0 Å². The van der Waals surface area contributed by atoms with Gasteiger partial charge >= 0.3 is 6.03 Å². The smallest absolute Gasteiger partial charge is 0.332 e. The van der Waals surface area contributed by atoms with Gasteiger partial charge in [-0.25, -0.2) is 19.7 Å². The molecule has 1 aliphatic rings. The van der Waals surface area contributed by atoms with Crippen molar-refractivity contribution in [2.45, 2.75) is 20.8 Å². The average molecular weight is 582 g/mol. The van der Waals surface area contributed by atoms with Crippen LogP contribution in [0.4, 0.5) is 39.2 Å². The number of piperazine rings is 1. The number of likely N-dealkylation sites (N-methyl/N-ethyl adjacent to an activating group) is 1. The Morgan fingerprint density at radius 1 is 0.907 bits per heavy atom. The van der Waals surface area contributed by atoms with Crippen LogP contribution in [0.15, 0.2) is 73.1 Å². The third-order valence-electron chi connectivity index (χ3n) is 7.75. The second-order valence-corrected chi connectivity index (χ2v) is 10.4. The minimum atomic E-state index is -0.391. The van der Waals surface area contributed by atoms with E-state index in [0.717, 1.165) is 55.2 Å². The van der Waals surface area contributed by atoms with Crippen LogP contribution in [0.1, 0.15) is 18.1 Å². The molecule has 0 radical (unpaired) electrons. The molecule has 2 heterocycles. The number of ether oxygens (including phenoxy) is 2. The first-order valence-corrected chi connectivity index (χ1v) is 14.5. The Morgan fingerprint density at radius 3 is 2.28 bits per heavy atom. The minimum Gasteiger partial charge on any atom is -0.497 e. The van der Waals surface area contributed by atoms with Gasteiger partial charge in [-0.15, -0.1) is 0 Å². The van der Waals surface area contributed by atoms with Gasteiger partial charge in [0.25, 0.3) is 0 Å². The molecule has 0 aliphatic carbocycles. The fraction of sp³-hybridized carbons (Fsp3) is 0.303. The van der Waals surface area contributed by atoms with Gasteiger partial charge in [0, 0.05) is 55.4 Å². The molecule has 43 heavy (non-hydrogen) atoms. The lowest BCUT2D eigenvalue weighted by Crippen LogP contribution is -2.46. The highest BCUT2D eigenvalue weighted by Crippen LogP contribution is 2.37. The van der Waals surface area contributed by atoms with Gasteiger partial charge in [-0.05, 0) is 67.9 Å². The molecule has 5 rings (SSSR count). The maximum Gasteiger partial charge on any atom is 0.332 e. The summed E-state index contributed by atoms with van der Waals surface area (Å²) in [5.41, 5.74) is 5.24. The van der Waals surface area contributed by atoms with Gasteiger partial charge in [0.15, 0.2) is 0 Å². The van der Waals surface area contributed by atoms with Gasteiger partial charge in [-0.3, -0.25) is 0 Å². The lowest BCUT2D eigenvalue weighted by atomic mass is 10.1. The topological polar surface area (TPSA) is 95.1 Å². The third kappa shape index (κ3) is 6.81. The van der Waals surface area contributed by atoms with Crippen LogP contribution in [-0.4, -0.2) is 67.8 Å². The number of benzene rings is 3. The number of urea groups is 1. The van der Waals surface area contributed by atoms with Crippen molar-refractivity contribution < 1.29 is 14.3 Å². The van der Waals surface area contributed by atoms with E-state index >= 15 is 0 Å². The van der Waals surface area contributed by atoms with Crippen LogP contribution in [0.2, 0.25) is 0 Å². The van der Waals surface area contributed by atoms with E-state index in [-0.39, 0.29) is 0 Å². The second-order valence-electron chi connectivity index (χ2n) is 10.4. The molecule has 1 fully saturated rings. The summed E-state index contributed by atoms with van der Waals surface area (Å²) in [4.78, 5) is 29.3. The van der Waals surface area contributed by atoms with Crippen LogP contribution in [-0.2, 0) is 0 Å². The molecule has 1 saturated heterocycles. The summed E-state index contributed by atoms with van der Waals surface area (Å²) in [5.74, 6) is 1.98. The fourth-order valence-corrected chi connectivity index (χ4v) is 5.24. The lowest BCUT2D eigenvalue weighted by Gasteiger charge is -2.35. The first-order chi connectivity index (χ1) is 20.9. The van der Waals surface area contributed by atoms with Crippen molar-refractivity contribution in [3.05, 3.63) is 84.2 Å². The number of nitrogens with one attached hydrogen (secondary N) is 2. The standard InChI is InChI=1S/C33H39N7O3/c1-6-38-16-18-39(19-17-38)26-12-10-25(11-13-26)36-30-21-31(35-22-34-30)40(28-15-14-27(42-4)20-29(28)43-5)33(41)37-32-23(2)8-7-9-24(32)3/h7-15,20-22H,6,16-19H2,1-5H3,(H,37,41)(H,34,35,36). The monoisotopic (exact) mass is 581 g/mol. The molecule has 2 N–H and O–H groups in total. The van der Waals surface area contributed by atoms with Crippen molar-refractivity contribution in [3.63, 3.8) is 0 Å². The Balaban J connectivity index is 1.43. The molecule has 0 atom stereocenters. The van der Waals surface area contributed by atoms with Gasteiger partial charge in [0.05, 0.1) is 19.9 Å². The van der Waals surface area contributed by atoms with Crippen molar-refractivity contribution >= 4 is 40.4 Å². The first kappa shape index (κ1) is 29.7. The van der Waals surface area contributed by atoms with Gasteiger partial charge in [-0.1, -0.05) is 25.1 Å². The molecule has 1 aromatic heterocycles. The molecular formula is C33H39N7O3. The highest BCUT2D eigenvalue weighted by atomic mass is 16.5. The Kier molecular flexibility index (Phi) is 9.26. The van der Waals surface area contributed by atoms with Gasteiger partial charge in [-0.2, -0.15) is 0 Å². The molecule has 0 spiro atoms. The Hall–Kier alpha value is -4.83. The number of carbonyl (C=O) groups is 1. The summed E-state index contributed by atoms with van der Waals surface area (Å²) >= 11 is 0. The highest BCUT2D eigenvalue weighted by Gasteiger charge is 2.25. The molecule has 224 valence electrons. The van der Waals surface area contributed by atoms with Crippen molar-refractivity contribution in [2.24, 2.45) is 0 Å². The van der Waals surface area contributed by atoms with E-state index in [9.17, 15) is 4.79 Å². The van der Waals surface area contributed by atoms with Crippen molar-refractivity contribution in [3.8, 4) is 11.5 Å². The quantitative estimate of drug-likeness (QED) is 0.236. The molecule has 4 aromatic rings. The maximum absolute atomic E-state index is 14.0. The molecule has 10 heteroatoms. The molecule has 3 aromatic carbocycles. The predicted octanol–water partition coefficient (Wildman–Crippen LogP) is 6.37. The summed E-state index contributed by atoms with van der Waals surface area (Å²) in [6, 6.07) is 20.9. The molecular weight excluding hydrogens is 542 g/mol. The average Bonchev–Trinajstić information content (AvgIpc) is 3.04. The molecule has 2 amide bonds. The number of nitrogens with zero attached hydrogens (tertiary/aromatic N) is 5. The van der Waals surface area contributed by atoms with Crippen LogP contribution in [0, 0.1) is 13.8 Å². The van der Waals surface area contributed by atoms with Gasteiger partial charge in [0.2, 0.25) is 0 Å². The summed E-state index contributed by atoms with van der Waals surface area (Å²) in [6.45, 7) is 11.4. The number of anilines is 6. The van der Waals surface area contributed by atoms with E-state index in [1.165, 1.54) is 16.9 Å². The van der Waals surface area contributed by atoms with Crippen molar-refractivity contribution in [2.75, 3.05) is 67.4 Å². The molecule has 0 saturated carbocycles. The largest absolute Gasteiger partial charge is 0.497 e. The van der Waals surface area contributed by atoms with Gasteiger partial charge < -0.3 is 29.9 Å². The fourth-order valence-electron chi connectivity index (χ4n) is 5.24. The first-order valence-electron chi connectivity index (χ1n) is 14.5. The van der Waals surface area contributed by atoms with Crippen molar-refractivity contribution in [1.82, 2.24) is 14.9 Å². The van der Waals surface area contributed by atoms with Crippen LogP contribution in [0.25, 0.3) is 0 Å². The zero-order valence-corrected chi connectivity index (χ0v) is 25.4. The number of aryl methyl sites for hydroxylation is 2. The lowest BCUT2D eigenvalue weighted by molar-refractivity contribution is 0.258. The second kappa shape index (κ2) is 13.4. The van der Waals surface area contributed by atoms with E-state index < -0.39 is 6.03 Å². The van der Waals surface area contributed by atoms with Gasteiger partial charge in [0.1, 0.15) is 29.5 Å². The Morgan fingerprint density at radius 2 is 1.63 bits per heavy atom. The summed E-state index contributed by atoms with van der Waals surface area (Å²) < 4.78 is 11.1. The molecule has 0 bridgehead atoms. The zero-order valence-electron chi connectivity index (χ0n) is 25.4. The maximum atomic E-state index is 14.0. The number of hydrogen-bond acceptors (Lipinski definition) is 8. The number of rotatable bonds is 9. The number of methoxy groups -OCH3 is 2. The number of para-hydroxylation sites is 1. The van der Waals surface area contributed by atoms with E-state index in [1.807, 2.05) is 44.2 Å². The summed E-state index contributed by atoms with van der Waals surface area (Å²) in [5, 5.41) is 6.44. The number of aromatic nitrogens is 2. The van der Waals surface area contributed by atoms with E-state index in [4.69, 9.17) is 9.47 Å². The SMILES string of the molecule is CCN1CCN(c2ccc(Nc3cc(N(C(=O)Nc4c(C)cccc4C)c4ccc(OC)cc4OC)ncn3)cc2)CC1. The number of hydrogen-bond donors (Lipinski definition) is 2. The molecule has 1 aliphatic heterocycles. The van der Waals surface area contributed by atoms with Crippen molar-refractivity contribution in [1.29, 1.82) is 0 Å². The van der Waals surface area contributed by atoms with E-state index in [0.29, 0.717) is 28.8 Å². The molecule has 0 unspecified atom stereocenters. The van der Waals surface area contributed by atoms with E-state index in [2.05, 4.69) is 49.5 Å². The Labute approximate surface area is 253 Å². The third-order valence-corrected chi connectivity index (χ3v) is 7.75. The minimum absolute atomic E-state index is 0.370. The predicted molar refractivity (Wildman–Crippen MR) is 173 cm³/mol. The van der Waals surface area contributed by atoms with Crippen LogP contribution in [0.5, 0.6) is 11.5 Å². The number of carbonyl (C=O) groups excluding carboxylic acids is 1. The number of amides is 2. The van der Waals surface area contributed by atoms with Crippen LogP contribution < -0.4 is 29.9 Å². The Bertz CT molecular complexity index is 1530.